The highest BCUT2D eigenvalue weighted by atomic mass is 79.9. The monoisotopic (exact) mass is 280 g/mol. The molecule has 0 spiro atoms. The Labute approximate surface area is 101 Å². The first kappa shape index (κ1) is 10.8. The van der Waals surface area contributed by atoms with Crippen molar-refractivity contribution in [3.8, 4) is 0 Å². The molecule has 0 atom stereocenters. The number of amides is 1. The van der Waals surface area contributed by atoms with Gasteiger partial charge >= 0.3 is 0 Å². The van der Waals surface area contributed by atoms with Gasteiger partial charge in [-0.05, 0) is 24.3 Å². The van der Waals surface area contributed by atoms with Crippen LogP contribution in [0.15, 0.2) is 34.9 Å². The highest BCUT2D eigenvalue weighted by molar-refractivity contribution is 9.10. The maximum Gasteiger partial charge on any atom is 0.277 e. The van der Waals surface area contributed by atoms with Crippen molar-refractivity contribution in [3.63, 3.8) is 0 Å². The number of rotatable bonds is 2. The van der Waals surface area contributed by atoms with Crippen molar-refractivity contribution in [1.82, 2.24) is 15.0 Å². The maximum atomic E-state index is 11.7. The molecule has 1 N–H and O–H groups in total. The zero-order valence-corrected chi connectivity index (χ0v) is 10.1. The summed E-state index contributed by atoms with van der Waals surface area (Å²) in [6.07, 6.45) is 1.42. The molecule has 1 amide bonds. The smallest absolute Gasteiger partial charge is 0.277 e. The number of nitrogens with one attached hydrogen (secondary N) is 1. The number of benzene rings is 1. The topological polar surface area (TPSA) is 59.8 Å². The number of carbonyl (C=O) groups excluding carboxylic acids is 1. The van der Waals surface area contributed by atoms with Crippen molar-refractivity contribution in [2.24, 2.45) is 7.05 Å². The molecular formula is C10H9BrN4O. The fourth-order valence-corrected chi connectivity index (χ4v) is 1.44. The predicted octanol–water partition coefficient (Wildman–Crippen LogP) is 1.83. The van der Waals surface area contributed by atoms with E-state index in [1.807, 2.05) is 12.1 Å². The lowest BCUT2D eigenvalue weighted by atomic mass is 10.3. The highest BCUT2D eigenvalue weighted by Gasteiger charge is 2.09. The second-order valence-corrected chi connectivity index (χ2v) is 4.10. The average molecular weight is 281 g/mol. The van der Waals surface area contributed by atoms with Crippen LogP contribution in [0.25, 0.3) is 0 Å². The summed E-state index contributed by atoms with van der Waals surface area (Å²) >= 11 is 3.32. The minimum absolute atomic E-state index is 0.268. The summed E-state index contributed by atoms with van der Waals surface area (Å²) in [6.45, 7) is 0. The normalized spacial score (nSPS) is 10.1. The third kappa shape index (κ3) is 2.46. The van der Waals surface area contributed by atoms with Gasteiger partial charge < -0.3 is 5.32 Å². The van der Waals surface area contributed by atoms with E-state index in [4.69, 9.17) is 0 Å². The number of aromatic nitrogens is 3. The molecule has 0 bridgehead atoms. The van der Waals surface area contributed by atoms with Crippen LogP contribution in [-0.2, 0) is 7.05 Å². The molecule has 0 unspecified atom stereocenters. The average Bonchev–Trinajstić information content (AvgIpc) is 2.68. The van der Waals surface area contributed by atoms with Crippen LogP contribution in [0.5, 0.6) is 0 Å². The van der Waals surface area contributed by atoms with Gasteiger partial charge in [0.2, 0.25) is 0 Å². The van der Waals surface area contributed by atoms with E-state index in [-0.39, 0.29) is 5.91 Å². The van der Waals surface area contributed by atoms with Crippen molar-refractivity contribution in [3.05, 3.63) is 40.6 Å². The molecular weight excluding hydrogens is 272 g/mol. The van der Waals surface area contributed by atoms with E-state index in [1.54, 1.807) is 19.2 Å². The SMILES string of the molecule is Cn1ncc(C(=O)Nc2ccc(Br)cc2)n1. The molecule has 0 saturated carbocycles. The molecule has 1 heterocycles. The number of nitrogens with zero attached hydrogens (tertiary/aromatic N) is 3. The molecule has 0 aliphatic carbocycles. The van der Waals surface area contributed by atoms with Crippen LogP contribution in [0.3, 0.4) is 0 Å². The lowest BCUT2D eigenvalue weighted by molar-refractivity contribution is 0.102. The van der Waals surface area contributed by atoms with Crippen LogP contribution in [0.4, 0.5) is 5.69 Å². The molecule has 0 aliphatic heterocycles. The highest BCUT2D eigenvalue weighted by Crippen LogP contribution is 2.14. The molecule has 2 aromatic rings. The minimum atomic E-state index is -0.268. The van der Waals surface area contributed by atoms with Gasteiger partial charge in [0.15, 0.2) is 5.69 Å². The first-order chi connectivity index (χ1) is 7.65. The van der Waals surface area contributed by atoms with E-state index >= 15 is 0 Å². The fourth-order valence-electron chi connectivity index (χ4n) is 1.18. The molecule has 6 heteroatoms. The fraction of sp³-hybridized carbons (Fsp3) is 0.100. The number of anilines is 1. The first-order valence-electron chi connectivity index (χ1n) is 4.58. The molecule has 0 fully saturated rings. The summed E-state index contributed by atoms with van der Waals surface area (Å²) in [5.74, 6) is -0.268. The Kier molecular flexibility index (Phi) is 3.00. The van der Waals surface area contributed by atoms with E-state index in [2.05, 4.69) is 31.4 Å². The second kappa shape index (κ2) is 4.44. The molecule has 16 heavy (non-hydrogen) atoms. The maximum absolute atomic E-state index is 11.7. The van der Waals surface area contributed by atoms with Crippen molar-refractivity contribution in [1.29, 1.82) is 0 Å². The van der Waals surface area contributed by atoms with E-state index in [0.29, 0.717) is 5.69 Å². The van der Waals surface area contributed by atoms with Gasteiger partial charge in [-0.2, -0.15) is 9.90 Å². The van der Waals surface area contributed by atoms with E-state index in [1.165, 1.54) is 11.0 Å². The summed E-state index contributed by atoms with van der Waals surface area (Å²) in [7, 11) is 1.66. The summed E-state index contributed by atoms with van der Waals surface area (Å²) in [6, 6.07) is 7.31. The van der Waals surface area contributed by atoms with Crippen LogP contribution in [-0.4, -0.2) is 20.9 Å². The van der Waals surface area contributed by atoms with Gasteiger partial charge in [-0.25, -0.2) is 0 Å². The number of aryl methyl sites for hydroxylation is 1. The molecule has 82 valence electrons. The lowest BCUT2D eigenvalue weighted by Crippen LogP contribution is -2.12. The van der Waals surface area contributed by atoms with Crippen LogP contribution in [0.2, 0.25) is 0 Å². The zero-order valence-electron chi connectivity index (χ0n) is 8.51. The lowest BCUT2D eigenvalue weighted by Gasteiger charge is -2.02. The van der Waals surface area contributed by atoms with Gasteiger partial charge in [0.05, 0.1) is 6.20 Å². The van der Waals surface area contributed by atoms with E-state index in [0.717, 1.165) is 10.2 Å². The summed E-state index contributed by atoms with van der Waals surface area (Å²) in [5.41, 5.74) is 1.02. The van der Waals surface area contributed by atoms with Crippen LogP contribution in [0, 0.1) is 0 Å². The molecule has 5 nitrogen and oxygen atoms in total. The molecule has 2 rings (SSSR count). The zero-order chi connectivity index (χ0) is 11.5. The second-order valence-electron chi connectivity index (χ2n) is 3.18. The van der Waals surface area contributed by atoms with Crippen molar-refractivity contribution < 1.29 is 4.79 Å². The molecule has 0 saturated heterocycles. The summed E-state index contributed by atoms with van der Waals surface area (Å²) in [4.78, 5) is 13.0. The quantitative estimate of drug-likeness (QED) is 0.913. The first-order valence-corrected chi connectivity index (χ1v) is 5.38. The standard InChI is InChI=1S/C10H9BrN4O/c1-15-12-6-9(14-15)10(16)13-8-4-2-7(11)3-5-8/h2-6H,1H3,(H,13,16). The molecule has 1 aromatic carbocycles. The Morgan fingerprint density at radius 2 is 2.06 bits per heavy atom. The van der Waals surface area contributed by atoms with Crippen molar-refractivity contribution in [2.75, 3.05) is 5.32 Å². The molecule has 0 radical (unpaired) electrons. The van der Waals surface area contributed by atoms with Crippen LogP contribution >= 0.6 is 15.9 Å². The number of hydrogen-bond donors (Lipinski definition) is 1. The van der Waals surface area contributed by atoms with Gasteiger partial charge in [0.25, 0.3) is 5.91 Å². The Bertz CT molecular complexity index is 506. The van der Waals surface area contributed by atoms with Gasteiger partial charge in [-0.1, -0.05) is 15.9 Å². The van der Waals surface area contributed by atoms with Gasteiger partial charge in [-0.3, -0.25) is 4.79 Å². The van der Waals surface area contributed by atoms with Gasteiger partial charge in [0.1, 0.15) is 0 Å². The number of carbonyl (C=O) groups is 1. The van der Waals surface area contributed by atoms with E-state index in [9.17, 15) is 4.79 Å². The Morgan fingerprint density at radius 1 is 1.38 bits per heavy atom. The number of halogens is 1. The Morgan fingerprint density at radius 3 is 2.62 bits per heavy atom. The number of hydrogen-bond acceptors (Lipinski definition) is 3. The largest absolute Gasteiger partial charge is 0.321 e. The third-order valence-electron chi connectivity index (χ3n) is 1.93. The molecule has 0 aliphatic rings. The van der Waals surface area contributed by atoms with Crippen LogP contribution < -0.4 is 5.32 Å². The minimum Gasteiger partial charge on any atom is -0.321 e. The summed E-state index contributed by atoms with van der Waals surface area (Å²) in [5, 5.41) is 10.5. The van der Waals surface area contributed by atoms with Gasteiger partial charge in [-0.15, -0.1) is 5.10 Å². The Hall–Kier alpha value is -1.69. The van der Waals surface area contributed by atoms with Crippen molar-refractivity contribution in [2.45, 2.75) is 0 Å². The third-order valence-corrected chi connectivity index (χ3v) is 2.46. The predicted molar refractivity (Wildman–Crippen MR) is 63.1 cm³/mol. The van der Waals surface area contributed by atoms with E-state index < -0.39 is 0 Å². The Balaban J connectivity index is 2.10. The van der Waals surface area contributed by atoms with Crippen molar-refractivity contribution >= 4 is 27.5 Å². The molecule has 1 aromatic heterocycles. The summed E-state index contributed by atoms with van der Waals surface area (Å²) < 4.78 is 0.963. The van der Waals surface area contributed by atoms with Gasteiger partial charge in [0, 0.05) is 17.2 Å². The van der Waals surface area contributed by atoms with Crippen LogP contribution in [0.1, 0.15) is 10.5 Å².